The monoisotopic (exact) mass is 1220 g/mol. The van der Waals surface area contributed by atoms with Gasteiger partial charge in [-0.25, -0.2) is 4.79 Å². The molecule has 6 saturated carbocycles. The first-order valence-electron chi connectivity index (χ1n) is 30.3. The van der Waals surface area contributed by atoms with Crippen LogP contribution < -0.4 is 15.4 Å². The summed E-state index contributed by atoms with van der Waals surface area (Å²) in [5.74, 6) is -0.979. The van der Waals surface area contributed by atoms with Gasteiger partial charge in [0.2, 0.25) is 5.78 Å². The molecule has 4 aromatic carbocycles. The number of para-hydroxylation sites is 2. The van der Waals surface area contributed by atoms with Crippen molar-refractivity contribution in [2.75, 3.05) is 23.9 Å². The Labute approximate surface area is 503 Å². The topological polar surface area (TPSA) is 108 Å². The SMILES string of the molecule is CN(C)c1ccc2c(O)c(C(=O)c3ccc(N(c4ccccc4)c4ccccc4)cc3)c(=O)oc2c1.O=P(C1CCCCC1)(C1CCCCC1)C1CCCCC1.O=P(C1CCCCC1)(C1CCCCC1)C1CCCCC1.[Eu]. The van der Waals surface area contributed by atoms with Crippen LogP contribution in [0.25, 0.3) is 11.0 Å². The van der Waals surface area contributed by atoms with E-state index in [0.29, 0.717) is 39.3 Å². The van der Waals surface area contributed by atoms with Crippen molar-refractivity contribution in [2.24, 2.45) is 0 Å². The fourth-order valence-corrected chi connectivity index (χ4v) is 25.5. The second-order valence-electron chi connectivity index (χ2n) is 23.8. The molecule has 1 aromatic heterocycles. The van der Waals surface area contributed by atoms with Crippen molar-refractivity contribution < 1.29 is 72.8 Å². The maximum atomic E-state index is 14.3. The Morgan fingerprint density at radius 1 is 0.455 bits per heavy atom. The third kappa shape index (κ3) is 14.5. The quantitative estimate of drug-likeness (QED) is 0.0748. The molecule has 417 valence electrons. The molecule has 77 heavy (non-hydrogen) atoms. The Bertz CT molecular complexity index is 2550. The number of aromatic hydroxyl groups is 1. The predicted molar refractivity (Wildman–Crippen MR) is 319 cm³/mol. The van der Waals surface area contributed by atoms with Gasteiger partial charge in [-0.3, -0.25) is 4.79 Å². The van der Waals surface area contributed by atoms with Gasteiger partial charge in [0.05, 0.1) is 19.7 Å². The van der Waals surface area contributed by atoms with E-state index in [2.05, 4.69) is 4.90 Å². The summed E-state index contributed by atoms with van der Waals surface area (Å²) in [5.41, 5.74) is 6.58. The maximum absolute atomic E-state index is 14.3. The fraction of sp³-hybridized carbons (Fsp3) is 0.576. The van der Waals surface area contributed by atoms with Crippen LogP contribution in [0.3, 0.4) is 0 Å². The van der Waals surface area contributed by atoms with E-state index in [4.69, 9.17) is 4.42 Å². The fourth-order valence-electron chi connectivity index (χ4n) is 14.9. The number of hydrogen-bond donors (Lipinski definition) is 1. The maximum Gasteiger partial charge on any atom is 0.351 e. The molecule has 8 nitrogen and oxygen atoms in total. The van der Waals surface area contributed by atoms with Crippen LogP contribution in [0.2, 0.25) is 0 Å². The van der Waals surface area contributed by atoms with Crippen LogP contribution in [0.15, 0.2) is 112 Å². The average Bonchev–Trinajstić information content (AvgIpc) is 3.50. The molecule has 0 spiro atoms. The van der Waals surface area contributed by atoms with Gasteiger partial charge < -0.3 is 28.5 Å². The van der Waals surface area contributed by atoms with E-state index < -0.39 is 25.7 Å². The van der Waals surface area contributed by atoms with Crippen LogP contribution in [-0.2, 0) is 9.13 Å². The van der Waals surface area contributed by atoms with Crippen LogP contribution in [0.1, 0.15) is 209 Å². The minimum Gasteiger partial charge on any atom is -0.506 e. The number of anilines is 4. The molecule has 0 atom stereocenters. The van der Waals surface area contributed by atoms with Crippen LogP contribution >= 0.6 is 14.3 Å². The Balaban J connectivity index is 0.000000163. The molecule has 1 heterocycles. The first kappa shape index (κ1) is 60.3. The van der Waals surface area contributed by atoms with Crippen molar-refractivity contribution in [3.8, 4) is 5.75 Å². The second kappa shape index (κ2) is 29.3. The molecule has 0 amide bonds. The van der Waals surface area contributed by atoms with E-state index >= 15 is 0 Å². The normalized spacial score (nSPS) is 19.9. The summed E-state index contributed by atoms with van der Waals surface area (Å²) in [4.78, 5) is 29.9. The van der Waals surface area contributed by atoms with Crippen molar-refractivity contribution >= 4 is 53.8 Å². The minimum atomic E-state index is -1.95. The Kier molecular flexibility index (Phi) is 22.9. The molecule has 0 saturated heterocycles. The Morgan fingerprint density at radius 3 is 1.09 bits per heavy atom. The molecule has 11 rings (SSSR count). The minimum absolute atomic E-state index is 0. The second-order valence-corrected chi connectivity index (χ2v) is 31.3. The molecule has 0 bridgehead atoms. The zero-order chi connectivity index (χ0) is 52.9. The average molecular weight is 1220 g/mol. The number of nitrogens with zero attached hydrogens (tertiary/aromatic N) is 2. The van der Waals surface area contributed by atoms with Crippen molar-refractivity contribution in [3.05, 3.63) is 125 Å². The van der Waals surface area contributed by atoms with Crippen molar-refractivity contribution in [1.82, 2.24) is 0 Å². The Hall–Kier alpha value is -2.80. The smallest absolute Gasteiger partial charge is 0.351 e. The molecular weight excluding hydrogens is 1130 g/mol. The van der Waals surface area contributed by atoms with Gasteiger partial charge >= 0.3 is 5.63 Å². The first-order valence-corrected chi connectivity index (χ1v) is 34.1. The molecule has 0 aliphatic heterocycles. The largest absolute Gasteiger partial charge is 0.506 e. The van der Waals surface area contributed by atoms with E-state index in [0.717, 1.165) is 22.7 Å². The summed E-state index contributed by atoms with van der Waals surface area (Å²) in [6.45, 7) is 0. The number of benzene rings is 4. The molecule has 6 fully saturated rings. The molecule has 0 unspecified atom stereocenters. The summed E-state index contributed by atoms with van der Waals surface area (Å²) in [5, 5.41) is 11.1. The van der Waals surface area contributed by atoms with E-state index in [1.165, 1.54) is 193 Å². The Morgan fingerprint density at radius 2 is 0.766 bits per heavy atom. The van der Waals surface area contributed by atoms with Gasteiger partial charge in [0.25, 0.3) is 0 Å². The van der Waals surface area contributed by atoms with Crippen LogP contribution in [0.4, 0.5) is 22.7 Å². The molecule has 6 aliphatic carbocycles. The summed E-state index contributed by atoms with van der Waals surface area (Å²) < 4.78 is 34.0. The van der Waals surface area contributed by atoms with Crippen LogP contribution in [0, 0.1) is 49.4 Å². The van der Waals surface area contributed by atoms with E-state index in [9.17, 15) is 23.8 Å². The third-order valence-electron chi connectivity index (χ3n) is 18.9. The first-order chi connectivity index (χ1) is 37.1. The van der Waals surface area contributed by atoms with Crippen LogP contribution in [-0.4, -0.2) is 58.9 Å². The molecular formula is C66H90EuN2O6P2. The number of hydrogen-bond acceptors (Lipinski definition) is 8. The van der Waals surface area contributed by atoms with Crippen molar-refractivity contribution in [3.63, 3.8) is 0 Å². The van der Waals surface area contributed by atoms with E-state index in [1.807, 2.05) is 91.8 Å². The van der Waals surface area contributed by atoms with Crippen molar-refractivity contribution in [1.29, 1.82) is 0 Å². The standard InChI is InChI=1S/C30H24N2O4.2C18H33OP.Eu/c1-31(2)24-17-18-25-26(19-24)36-30(35)27(29(25)34)28(33)20-13-15-23(16-14-20)32(21-9-5-3-6-10-21)22-11-7-4-8-12-22;2*19-20(16-10-4-1-5-11-16,17-12-6-2-7-13-17)18-14-8-3-9-15-18;/h3-19,34H,1-2H3;2*16-18H,1-15H2;. The third-order valence-corrected chi connectivity index (χ3v) is 28.8. The van der Waals surface area contributed by atoms with Gasteiger partial charge in [0, 0.05) is 132 Å². The van der Waals surface area contributed by atoms with Crippen molar-refractivity contribution in [2.45, 2.75) is 227 Å². The van der Waals surface area contributed by atoms with E-state index in [1.54, 1.807) is 30.3 Å². The summed E-state index contributed by atoms with van der Waals surface area (Å²) in [6.07, 6.45) is 40.2. The van der Waals surface area contributed by atoms with Gasteiger partial charge in [0.1, 0.15) is 11.3 Å². The zero-order valence-electron chi connectivity index (χ0n) is 46.6. The molecule has 11 heteroatoms. The van der Waals surface area contributed by atoms with Gasteiger partial charge in [-0.2, -0.15) is 0 Å². The number of fused-ring (bicyclic) bond motifs is 1. The molecule has 6 aliphatic rings. The van der Waals surface area contributed by atoms with E-state index in [-0.39, 0.29) is 71.8 Å². The summed E-state index contributed by atoms with van der Waals surface area (Å²) in [6, 6.07) is 31.8. The molecule has 5 aromatic rings. The predicted octanol–water partition coefficient (Wildman–Crippen LogP) is 19.0. The van der Waals surface area contributed by atoms with Gasteiger partial charge in [0.15, 0.2) is 5.56 Å². The number of ketones is 1. The molecule has 1 N–H and O–H groups in total. The number of rotatable bonds is 12. The van der Waals surface area contributed by atoms with Gasteiger partial charge in [-0.1, -0.05) is 152 Å². The van der Waals surface area contributed by atoms with Gasteiger partial charge in [-0.15, -0.1) is 0 Å². The molecule has 1 radical (unpaired) electrons. The summed E-state index contributed by atoms with van der Waals surface area (Å²) in [7, 11) is -0.174. The van der Waals surface area contributed by atoms with Crippen LogP contribution in [0.5, 0.6) is 5.75 Å². The number of carbonyl (C=O) groups is 1. The van der Waals surface area contributed by atoms with Gasteiger partial charge in [-0.05, 0) is 138 Å². The summed E-state index contributed by atoms with van der Waals surface area (Å²) >= 11 is 0. The zero-order valence-corrected chi connectivity index (χ0v) is 50.9. The number of carbonyl (C=O) groups excluding carboxylic acids is 1.